The molecule has 4 rings (SSSR count). The number of ketones is 1. The highest BCUT2D eigenvalue weighted by Crippen LogP contribution is 2.26. The van der Waals surface area contributed by atoms with E-state index in [0.29, 0.717) is 5.56 Å². The van der Waals surface area contributed by atoms with Crippen LogP contribution >= 0.6 is 0 Å². The number of piperazine rings is 1. The van der Waals surface area contributed by atoms with Gasteiger partial charge in [0.2, 0.25) is 5.91 Å². The van der Waals surface area contributed by atoms with Gasteiger partial charge >= 0.3 is 0 Å². The van der Waals surface area contributed by atoms with Gasteiger partial charge in [-0.05, 0) is 55.3 Å². The van der Waals surface area contributed by atoms with E-state index in [1.165, 1.54) is 18.1 Å². The van der Waals surface area contributed by atoms with Gasteiger partial charge in [-0.25, -0.2) is 0 Å². The molecule has 0 saturated carbocycles. The number of ether oxygens (including phenoxy) is 1. The molecule has 2 aromatic carbocycles. The average Bonchev–Trinajstić information content (AvgIpc) is 3.22. The highest BCUT2D eigenvalue weighted by atomic mass is 16.5. The van der Waals surface area contributed by atoms with Crippen LogP contribution in [0.2, 0.25) is 0 Å². The maximum absolute atomic E-state index is 12.7. The second-order valence-corrected chi connectivity index (χ2v) is 8.15. The first kappa shape index (κ1) is 20.6. The van der Waals surface area contributed by atoms with E-state index in [1.807, 2.05) is 6.92 Å². The van der Waals surface area contributed by atoms with Gasteiger partial charge in [0.15, 0.2) is 5.78 Å². The molecule has 2 aliphatic heterocycles. The van der Waals surface area contributed by atoms with Crippen molar-refractivity contribution in [1.82, 2.24) is 9.80 Å². The summed E-state index contributed by atoms with van der Waals surface area (Å²) in [7, 11) is 0. The molecule has 6 heteroatoms. The summed E-state index contributed by atoms with van der Waals surface area (Å²) in [5.41, 5.74) is 4.00. The lowest BCUT2D eigenvalue weighted by atomic mass is 10.1. The number of anilines is 1. The van der Waals surface area contributed by atoms with Gasteiger partial charge in [-0.3, -0.25) is 19.4 Å². The highest BCUT2D eigenvalue weighted by Gasteiger charge is 2.26. The number of benzene rings is 2. The van der Waals surface area contributed by atoms with E-state index < -0.39 is 0 Å². The summed E-state index contributed by atoms with van der Waals surface area (Å²) in [5, 5.41) is 2.96. The molecule has 0 radical (unpaired) electrons. The van der Waals surface area contributed by atoms with Gasteiger partial charge in [-0.15, -0.1) is 0 Å². The van der Waals surface area contributed by atoms with Crippen molar-refractivity contribution in [3.63, 3.8) is 0 Å². The van der Waals surface area contributed by atoms with Gasteiger partial charge in [0.25, 0.3) is 0 Å². The Balaban J connectivity index is 1.26. The van der Waals surface area contributed by atoms with Crippen molar-refractivity contribution in [1.29, 1.82) is 0 Å². The Labute approximate surface area is 177 Å². The van der Waals surface area contributed by atoms with Crippen molar-refractivity contribution in [2.45, 2.75) is 32.9 Å². The Bertz CT molecular complexity index is 918. The normalized spacial score (nSPS) is 17.8. The molecule has 1 saturated heterocycles. The third kappa shape index (κ3) is 4.71. The highest BCUT2D eigenvalue weighted by molar-refractivity contribution is 5.97. The zero-order valence-corrected chi connectivity index (χ0v) is 17.7. The topological polar surface area (TPSA) is 61.9 Å². The predicted molar refractivity (Wildman–Crippen MR) is 117 cm³/mol. The minimum Gasteiger partial charge on any atom is -0.493 e. The molecule has 1 fully saturated rings. The van der Waals surface area contributed by atoms with E-state index in [4.69, 9.17) is 4.74 Å². The predicted octanol–water partition coefficient (Wildman–Crippen LogP) is 2.97. The van der Waals surface area contributed by atoms with Gasteiger partial charge in [-0.1, -0.05) is 12.1 Å². The van der Waals surface area contributed by atoms with Crippen LogP contribution in [0.3, 0.4) is 0 Å². The van der Waals surface area contributed by atoms with Gasteiger partial charge in [0.1, 0.15) is 5.75 Å². The van der Waals surface area contributed by atoms with Crippen molar-refractivity contribution in [2.24, 2.45) is 0 Å². The Hall–Kier alpha value is -2.70. The summed E-state index contributed by atoms with van der Waals surface area (Å²) in [6.45, 7) is 8.83. The van der Waals surface area contributed by atoms with Crippen LogP contribution in [0.25, 0.3) is 0 Å². The minimum absolute atomic E-state index is 0.0161. The molecule has 30 heavy (non-hydrogen) atoms. The fraction of sp³-hybridized carbons (Fsp3) is 0.417. The number of rotatable bonds is 6. The molecular weight excluding hydrogens is 378 g/mol. The minimum atomic E-state index is -0.197. The van der Waals surface area contributed by atoms with Crippen LogP contribution in [0.15, 0.2) is 42.5 Å². The lowest BCUT2D eigenvalue weighted by Crippen LogP contribution is -2.52. The zero-order valence-electron chi connectivity index (χ0n) is 17.7. The van der Waals surface area contributed by atoms with E-state index in [9.17, 15) is 9.59 Å². The first-order valence-corrected chi connectivity index (χ1v) is 10.6. The van der Waals surface area contributed by atoms with Crippen molar-refractivity contribution >= 4 is 17.4 Å². The van der Waals surface area contributed by atoms with Crippen molar-refractivity contribution in [3.05, 3.63) is 59.2 Å². The van der Waals surface area contributed by atoms with Crippen molar-refractivity contribution in [3.8, 4) is 5.75 Å². The van der Waals surface area contributed by atoms with Gasteiger partial charge in [0.05, 0.1) is 12.6 Å². The van der Waals surface area contributed by atoms with E-state index in [1.54, 1.807) is 24.3 Å². The molecule has 6 nitrogen and oxygen atoms in total. The number of carbonyl (C=O) groups excluding carboxylic acids is 2. The molecule has 1 atom stereocenters. The number of carbonyl (C=O) groups is 2. The van der Waals surface area contributed by atoms with Crippen LogP contribution in [0, 0.1) is 0 Å². The standard InChI is InChI=1S/C24H29N3O3/c1-17(24(29)25-22-6-4-20(5-7-22)18(2)28)27-12-10-26(11-13-27)16-19-3-8-23-21(15-19)9-14-30-23/h3-8,15,17H,9-14,16H2,1-2H3,(H,25,29)/t17-/m1/s1. The SMILES string of the molecule is CC(=O)c1ccc(NC(=O)[C@@H](C)N2CCN(Cc3ccc4c(c3)CCO4)CC2)cc1. The molecule has 0 aromatic heterocycles. The lowest BCUT2D eigenvalue weighted by Gasteiger charge is -2.37. The van der Waals surface area contributed by atoms with Crippen LogP contribution in [0.1, 0.15) is 35.3 Å². The number of amides is 1. The Kier molecular flexibility index (Phi) is 6.16. The first-order valence-electron chi connectivity index (χ1n) is 10.6. The summed E-state index contributed by atoms with van der Waals surface area (Å²) in [4.78, 5) is 28.7. The van der Waals surface area contributed by atoms with Crippen molar-refractivity contribution < 1.29 is 14.3 Å². The van der Waals surface area contributed by atoms with E-state index in [-0.39, 0.29) is 17.7 Å². The summed E-state index contributed by atoms with van der Waals surface area (Å²) >= 11 is 0. The number of nitrogens with zero attached hydrogens (tertiary/aromatic N) is 2. The number of Topliss-reactive ketones (excluding diaryl/α,β-unsaturated/α-hetero) is 1. The van der Waals surface area contributed by atoms with Crippen LogP contribution < -0.4 is 10.1 Å². The first-order chi connectivity index (χ1) is 14.5. The Morgan fingerprint density at radius 1 is 1.07 bits per heavy atom. The second kappa shape index (κ2) is 8.98. The monoisotopic (exact) mass is 407 g/mol. The molecule has 0 aliphatic carbocycles. The van der Waals surface area contributed by atoms with Gasteiger partial charge in [-0.2, -0.15) is 0 Å². The van der Waals surface area contributed by atoms with E-state index in [0.717, 1.165) is 57.2 Å². The van der Waals surface area contributed by atoms with Crippen LogP contribution in [0.4, 0.5) is 5.69 Å². The third-order valence-electron chi connectivity index (χ3n) is 6.05. The Morgan fingerprint density at radius 2 is 1.80 bits per heavy atom. The van der Waals surface area contributed by atoms with Crippen LogP contribution in [0.5, 0.6) is 5.75 Å². The zero-order chi connectivity index (χ0) is 21.1. The summed E-state index contributed by atoms with van der Waals surface area (Å²) in [5.74, 6) is 1.03. The molecule has 1 N–H and O–H groups in total. The molecule has 0 spiro atoms. The quantitative estimate of drug-likeness (QED) is 0.746. The van der Waals surface area contributed by atoms with Crippen LogP contribution in [-0.2, 0) is 17.8 Å². The molecular formula is C24H29N3O3. The average molecular weight is 408 g/mol. The molecule has 0 unspecified atom stereocenters. The number of nitrogens with one attached hydrogen (secondary N) is 1. The van der Waals surface area contributed by atoms with Gasteiger partial charge in [0, 0.05) is 50.4 Å². The smallest absolute Gasteiger partial charge is 0.241 e. The third-order valence-corrected chi connectivity index (χ3v) is 6.05. The fourth-order valence-corrected chi connectivity index (χ4v) is 4.11. The summed E-state index contributed by atoms with van der Waals surface area (Å²) in [6, 6.07) is 13.4. The summed E-state index contributed by atoms with van der Waals surface area (Å²) < 4.78 is 5.59. The maximum atomic E-state index is 12.7. The molecule has 2 aliphatic rings. The second-order valence-electron chi connectivity index (χ2n) is 8.15. The van der Waals surface area contributed by atoms with Crippen LogP contribution in [-0.4, -0.2) is 60.3 Å². The number of hydrogen-bond acceptors (Lipinski definition) is 5. The largest absolute Gasteiger partial charge is 0.493 e. The van der Waals surface area contributed by atoms with Crippen molar-refractivity contribution in [2.75, 3.05) is 38.1 Å². The number of hydrogen-bond donors (Lipinski definition) is 1. The molecule has 2 heterocycles. The molecule has 0 bridgehead atoms. The fourth-order valence-electron chi connectivity index (χ4n) is 4.11. The number of fused-ring (bicyclic) bond motifs is 1. The van der Waals surface area contributed by atoms with E-state index in [2.05, 4.69) is 33.3 Å². The Morgan fingerprint density at radius 3 is 2.50 bits per heavy atom. The molecule has 1 amide bonds. The van der Waals surface area contributed by atoms with E-state index >= 15 is 0 Å². The summed E-state index contributed by atoms with van der Waals surface area (Å²) in [6.07, 6.45) is 1.00. The molecule has 158 valence electrons. The van der Waals surface area contributed by atoms with Gasteiger partial charge < -0.3 is 10.1 Å². The lowest BCUT2D eigenvalue weighted by molar-refractivity contribution is -0.121. The maximum Gasteiger partial charge on any atom is 0.241 e. The molecule has 2 aromatic rings.